The second kappa shape index (κ2) is 5.78. The van der Waals surface area contributed by atoms with Crippen molar-refractivity contribution in [3.05, 3.63) is 35.9 Å². The molecule has 1 aromatic carbocycles. The van der Waals surface area contributed by atoms with E-state index >= 15 is 0 Å². The molecule has 14 heavy (non-hydrogen) atoms. The van der Waals surface area contributed by atoms with Crippen LogP contribution in [0.2, 0.25) is 0 Å². The second-order valence-corrected chi connectivity index (χ2v) is 3.83. The zero-order valence-corrected chi connectivity index (χ0v) is 8.90. The van der Waals surface area contributed by atoms with E-state index in [1.807, 2.05) is 32.0 Å². The van der Waals surface area contributed by atoms with Crippen molar-refractivity contribution in [3.8, 4) is 0 Å². The molecule has 1 aromatic rings. The van der Waals surface area contributed by atoms with Gasteiger partial charge in [-0.3, -0.25) is 0 Å². The van der Waals surface area contributed by atoms with Crippen LogP contribution >= 0.6 is 0 Å². The van der Waals surface area contributed by atoms with E-state index in [0.29, 0.717) is 5.92 Å². The molecule has 0 aliphatic carbocycles. The van der Waals surface area contributed by atoms with E-state index in [0.717, 1.165) is 13.1 Å². The average molecular weight is 193 g/mol. The lowest BCUT2D eigenvalue weighted by Gasteiger charge is -2.15. The Morgan fingerprint density at radius 3 is 2.43 bits per heavy atom. The molecule has 78 valence electrons. The maximum atomic E-state index is 9.28. The molecule has 2 N–H and O–H groups in total. The van der Waals surface area contributed by atoms with Crippen molar-refractivity contribution in [2.24, 2.45) is 5.92 Å². The Balaban J connectivity index is 2.22. The molecule has 0 saturated carbocycles. The number of aliphatic hydroxyl groups is 1. The van der Waals surface area contributed by atoms with Crippen molar-refractivity contribution < 1.29 is 5.11 Å². The molecule has 0 radical (unpaired) electrons. The zero-order chi connectivity index (χ0) is 10.4. The van der Waals surface area contributed by atoms with Crippen molar-refractivity contribution in [2.45, 2.75) is 26.5 Å². The molecule has 0 aromatic heterocycles. The fourth-order valence-electron chi connectivity index (χ4n) is 1.21. The fraction of sp³-hybridized carbons (Fsp3) is 0.500. The van der Waals surface area contributed by atoms with E-state index in [1.165, 1.54) is 5.56 Å². The summed E-state index contributed by atoms with van der Waals surface area (Å²) in [6, 6.07) is 10.3. The van der Waals surface area contributed by atoms with Crippen LogP contribution in [0.25, 0.3) is 0 Å². The first-order valence-electron chi connectivity index (χ1n) is 5.13. The summed E-state index contributed by atoms with van der Waals surface area (Å²) in [6.07, 6.45) is -0.238. The summed E-state index contributed by atoms with van der Waals surface area (Å²) in [4.78, 5) is 0. The quantitative estimate of drug-likeness (QED) is 0.747. The van der Waals surface area contributed by atoms with E-state index in [1.54, 1.807) is 0 Å². The van der Waals surface area contributed by atoms with Gasteiger partial charge in [-0.25, -0.2) is 0 Å². The number of nitrogens with one attached hydrogen (secondary N) is 1. The van der Waals surface area contributed by atoms with Crippen LogP contribution in [-0.2, 0) is 6.54 Å². The Bertz CT molecular complexity index is 246. The standard InChI is InChI=1S/C12H19NO/c1-10(11(2)14)8-13-9-12-6-4-3-5-7-12/h3-7,10-11,13-14H,8-9H2,1-2H3/t10-,11-/m0/s1. The van der Waals surface area contributed by atoms with Gasteiger partial charge >= 0.3 is 0 Å². The smallest absolute Gasteiger partial charge is 0.0549 e. The summed E-state index contributed by atoms with van der Waals surface area (Å²) >= 11 is 0. The van der Waals surface area contributed by atoms with E-state index in [4.69, 9.17) is 0 Å². The van der Waals surface area contributed by atoms with E-state index in [2.05, 4.69) is 17.4 Å². The lowest BCUT2D eigenvalue weighted by atomic mass is 10.1. The highest BCUT2D eigenvalue weighted by molar-refractivity contribution is 5.14. The van der Waals surface area contributed by atoms with Gasteiger partial charge in [-0.15, -0.1) is 0 Å². The van der Waals surface area contributed by atoms with Crippen LogP contribution in [0.15, 0.2) is 30.3 Å². The number of benzene rings is 1. The molecule has 0 amide bonds. The second-order valence-electron chi connectivity index (χ2n) is 3.83. The van der Waals surface area contributed by atoms with Gasteiger partial charge in [0.15, 0.2) is 0 Å². The predicted molar refractivity (Wildman–Crippen MR) is 59.0 cm³/mol. The highest BCUT2D eigenvalue weighted by Gasteiger charge is 2.07. The number of rotatable bonds is 5. The zero-order valence-electron chi connectivity index (χ0n) is 8.90. The Morgan fingerprint density at radius 2 is 1.86 bits per heavy atom. The molecule has 0 saturated heterocycles. The van der Waals surface area contributed by atoms with Crippen molar-refractivity contribution in [2.75, 3.05) is 6.54 Å². The lowest BCUT2D eigenvalue weighted by molar-refractivity contribution is 0.134. The minimum Gasteiger partial charge on any atom is -0.393 e. The van der Waals surface area contributed by atoms with Crippen LogP contribution in [-0.4, -0.2) is 17.8 Å². The van der Waals surface area contributed by atoms with Gasteiger partial charge in [-0.05, 0) is 18.4 Å². The van der Waals surface area contributed by atoms with E-state index in [-0.39, 0.29) is 6.10 Å². The molecule has 0 bridgehead atoms. The molecule has 1 rings (SSSR count). The number of hydrogen-bond acceptors (Lipinski definition) is 2. The Labute approximate surface area is 86.0 Å². The summed E-state index contributed by atoms with van der Waals surface area (Å²) in [5.41, 5.74) is 1.28. The van der Waals surface area contributed by atoms with Crippen molar-refractivity contribution in [3.63, 3.8) is 0 Å². The molecule has 2 atom stereocenters. The monoisotopic (exact) mass is 193 g/mol. The molecular weight excluding hydrogens is 174 g/mol. The van der Waals surface area contributed by atoms with Gasteiger partial charge in [0.2, 0.25) is 0 Å². The van der Waals surface area contributed by atoms with Crippen LogP contribution in [0, 0.1) is 5.92 Å². The van der Waals surface area contributed by atoms with Crippen LogP contribution in [0.4, 0.5) is 0 Å². The topological polar surface area (TPSA) is 32.3 Å². The first-order valence-corrected chi connectivity index (χ1v) is 5.13. The van der Waals surface area contributed by atoms with Gasteiger partial charge in [0.05, 0.1) is 6.10 Å². The third-order valence-electron chi connectivity index (χ3n) is 2.46. The van der Waals surface area contributed by atoms with E-state index in [9.17, 15) is 5.11 Å². The van der Waals surface area contributed by atoms with Crippen LogP contribution in [0.3, 0.4) is 0 Å². The maximum Gasteiger partial charge on any atom is 0.0549 e. The molecule has 2 nitrogen and oxygen atoms in total. The summed E-state index contributed by atoms with van der Waals surface area (Å²) in [5, 5.41) is 12.6. The van der Waals surface area contributed by atoms with Crippen LogP contribution in [0.1, 0.15) is 19.4 Å². The highest BCUT2D eigenvalue weighted by Crippen LogP contribution is 2.01. The minimum absolute atomic E-state index is 0.238. The van der Waals surface area contributed by atoms with Gasteiger partial charge in [0, 0.05) is 13.1 Å². The fourth-order valence-corrected chi connectivity index (χ4v) is 1.21. The van der Waals surface area contributed by atoms with Crippen molar-refractivity contribution >= 4 is 0 Å². The van der Waals surface area contributed by atoms with Gasteiger partial charge in [-0.1, -0.05) is 37.3 Å². The van der Waals surface area contributed by atoms with Gasteiger partial charge in [0.1, 0.15) is 0 Å². The number of hydrogen-bond donors (Lipinski definition) is 2. The largest absolute Gasteiger partial charge is 0.393 e. The molecule has 0 aliphatic heterocycles. The SMILES string of the molecule is C[C@H](O)[C@@H](C)CNCc1ccccc1. The molecule has 2 heteroatoms. The van der Waals surface area contributed by atoms with Gasteiger partial charge in [0.25, 0.3) is 0 Å². The van der Waals surface area contributed by atoms with Crippen molar-refractivity contribution in [1.29, 1.82) is 0 Å². The molecule has 0 fully saturated rings. The van der Waals surface area contributed by atoms with E-state index < -0.39 is 0 Å². The summed E-state index contributed by atoms with van der Waals surface area (Å²) in [6.45, 7) is 5.60. The molecule has 0 unspecified atom stereocenters. The highest BCUT2D eigenvalue weighted by atomic mass is 16.3. The van der Waals surface area contributed by atoms with Crippen molar-refractivity contribution in [1.82, 2.24) is 5.32 Å². The van der Waals surface area contributed by atoms with Crippen LogP contribution in [0.5, 0.6) is 0 Å². The average Bonchev–Trinajstić information content (AvgIpc) is 2.19. The normalized spacial score (nSPS) is 15.1. The number of aliphatic hydroxyl groups excluding tert-OH is 1. The van der Waals surface area contributed by atoms with Crippen LogP contribution < -0.4 is 5.32 Å². The molecule has 0 aliphatic rings. The first-order chi connectivity index (χ1) is 6.70. The molecule has 0 spiro atoms. The van der Waals surface area contributed by atoms with Gasteiger partial charge in [-0.2, -0.15) is 0 Å². The summed E-state index contributed by atoms with van der Waals surface area (Å²) in [7, 11) is 0. The third-order valence-corrected chi connectivity index (χ3v) is 2.46. The Morgan fingerprint density at radius 1 is 1.21 bits per heavy atom. The van der Waals surface area contributed by atoms with Gasteiger partial charge < -0.3 is 10.4 Å². The molecular formula is C12H19NO. The Hall–Kier alpha value is -0.860. The summed E-state index contributed by atoms with van der Waals surface area (Å²) < 4.78 is 0. The molecule has 0 heterocycles. The predicted octanol–water partition coefficient (Wildman–Crippen LogP) is 1.79. The Kier molecular flexibility index (Phi) is 4.63. The lowest BCUT2D eigenvalue weighted by Crippen LogP contribution is -2.27. The first kappa shape index (κ1) is 11.2. The summed E-state index contributed by atoms with van der Waals surface area (Å²) in [5.74, 6) is 0.304. The minimum atomic E-state index is -0.238. The third kappa shape index (κ3) is 3.90. The maximum absolute atomic E-state index is 9.28.